The van der Waals surface area contributed by atoms with Gasteiger partial charge in [0.15, 0.2) is 0 Å². The summed E-state index contributed by atoms with van der Waals surface area (Å²) in [7, 11) is 1.82. The van der Waals surface area contributed by atoms with Crippen LogP contribution in [-0.2, 0) is 18.3 Å². The Labute approximate surface area is 140 Å². The van der Waals surface area contributed by atoms with Gasteiger partial charge in [-0.05, 0) is 38.7 Å². The third-order valence-corrected chi connectivity index (χ3v) is 5.23. The van der Waals surface area contributed by atoms with E-state index in [-0.39, 0.29) is 12.8 Å². The van der Waals surface area contributed by atoms with Gasteiger partial charge >= 0.3 is 6.18 Å². The first kappa shape index (κ1) is 18.8. The van der Waals surface area contributed by atoms with E-state index in [2.05, 4.69) is 10.4 Å². The fraction of sp³-hybridized carbons (Fsp3) is 0.765. The van der Waals surface area contributed by atoms with Crippen molar-refractivity contribution in [1.82, 2.24) is 15.1 Å². The van der Waals surface area contributed by atoms with E-state index in [9.17, 15) is 18.0 Å². The minimum atomic E-state index is -4.41. The van der Waals surface area contributed by atoms with Crippen LogP contribution in [0.3, 0.4) is 0 Å². The average molecular weight is 345 g/mol. The summed E-state index contributed by atoms with van der Waals surface area (Å²) in [5.41, 5.74) is 0.633. The van der Waals surface area contributed by atoms with Crippen molar-refractivity contribution in [3.8, 4) is 0 Å². The number of nitrogens with one attached hydrogen (secondary N) is 1. The summed E-state index contributed by atoms with van der Waals surface area (Å²) in [6.45, 7) is 5.43. The maximum atomic E-state index is 13.6. The van der Waals surface area contributed by atoms with E-state index in [4.69, 9.17) is 0 Å². The summed E-state index contributed by atoms with van der Waals surface area (Å²) in [4.78, 5) is 12.5. The number of aryl methyl sites for hydroxylation is 2. The molecule has 7 heteroatoms. The minimum Gasteiger partial charge on any atom is -0.342 e. The van der Waals surface area contributed by atoms with Gasteiger partial charge in [0.2, 0.25) is 5.91 Å². The van der Waals surface area contributed by atoms with Gasteiger partial charge in [-0.25, -0.2) is 0 Å². The summed E-state index contributed by atoms with van der Waals surface area (Å²) in [6.07, 6.45) is -2.30. The van der Waals surface area contributed by atoms with Crippen molar-refractivity contribution in [3.63, 3.8) is 0 Å². The van der Waals surface area contributed by atoms with Crippen LogP contribution in [0.15, 0.2) is 0 Å². The van der Waals surface area contributed by atoms with E-state index in [1.807, 2.05) is 20.9 Å². The van der Waals surface area contributed by atoms with Gasteiger partial charge in [-0.1, -0.05) is 26.2 Å². The number of hydrogen-bond donors (Lipinski definition) is 1. The van der Waals surface area contributed by atoms with Gasteiger partial charge in [0, 0.05) is 18.7 Å². The first-order valence-corrected chi connectivity index (χ1v) is 8.45. The highest BCUT2D eigenvalue weighted by Gasteiger charge is 2.55. The van der Waals surface area contributed by atoms with E-state index in [1.54, 1.807) is 11.6 Å². The normalized spacial score (nSPS) is 19.1. The van der Waals surface area contributed by atoms with E-state index >= 15 is 0 Å². The second-order valence-electron chi connectivity index (χ2n) is 7.01. The Hall–Kier alpha value is -1.53. The van der Waals surface area contributed by atoms with Crippen LogP contribution < -0.4 is 5.32 Å². The summed E-state index contributed by atoms with van der Waals surface area (Å²) < 4.78 is 42.4. The molecule has 0 bridgehead atoms. The first-order chi connectivity index (χ1) is 11.1. The summed E-state index contributed by atoms with van der Waals surface area (Å²) in [6, 6.07) is 0. The minimum absolute atomic E-state index is 0.0279. The molecule has 0 aromatic carbocycles. The lowest BCUT2D eigenvalue weighted by Gasteiger charge is -2.40. The van der Waals surface area contributed by atoms with E-state index in [1.165, 1.54) is 0 Å². The van der Waals surface area contributed by atoms with Crippen LogP contribution in [-0.4, -0.2) is 27.4 Å². The molecule has 0 aliphatic heterocycles. The summed E-state index contributed by atoms with van der Waals surface area (Å²) >= 11 is 0. The molecule has 1 aliphatic carbocycles. The lowest BCUT2D eigenvalue weighted by molar-refractivity contribution is -0.207. The number of halogens is 3. The van der Waals surface area contributed by atoms with Gasteiger partial charge in [0.1, 0.15) is 5.54 Å². The molecule has 1 aromatic heterocycles. The van der Waals surface area contributed by atoms with Gasteiger partial charge in [-0.15, -0.1) is 0 Å². The molecule has 0 unspecified atom stereocenters. The molecule has 4 nitrogen and oxygen atoms in total. The Kier molecular flexibility index (Phi) is 5.30. The zero-order valence-electron chi connectivity index (χ0n) is 14.8. The van der Waals surface area contributed by atoms with Gasteiger partial charge < -0.3 is 5.32 Å². The average Bonchev–Trinajstić information content (AvgIpc) is 2.73. The Morgan fingerprint density at radius 1 is 1.29 bits per heavy atom. The molecule has 0 saturated heterocycles. The molecule has 2 rings (SSSR count). The molecule has 1 N–H and O–H groups in total. The van der Waals surface area contributed by atoms with Crippen molar-refractivity contribution in [2.75, 3.05) is 0 Å². The first-order valence-electron chi connectivity index (χ1n) is 8.45. The second-order valence-corrected chi connectivity index (χ2v) is 7.01. The summed E-state index contributed by atoms with van der Waals surface area (Å²) in [5.74, 6) is -1.07. The van der Waals surface area contributed by atoms with Crippen molar-refractivity contribution in [2.45, 2.75) is 71.0 Å². The van der Waals surface area contributed by atoms with Gasteiger partial charge in [0.05, 0.1) is 5.69 Å². The molecular formula is C17H26F3N3O. The monoisotopic (exact) mass is 345 g/mol. The van der Waals surface area contributed by atoms with Crippen molar-refractivity contribution >= 4 is 5.91 Å². The van der Waals surface area contributed by atoms with Gasteiger partial charge in [-0.3, -0.25) is 9.48 Å². The maximum Gasteiger partial charge on any atom is 0.411 e. The highest BCUT2D eigenvalue weighted by Crippen LogP contribution is 2.41. The SMILES string of the molecule is Cc1nn(C)c(C)c1C[C@H](C)C(=O)NC1(C(F)(F)F)CCCCC1. The maximum absolute atomic E-state index is 13.6. The Bertz CT molecular complexity index is 601. The standard InChI is InChI=1S/C17H26F3N3O/c1-11(10-14-12(2)22-23(4)13(14)3)15(24)21-16(17(18,19)20)8-6-5-7-9-16/h11H,5-10H2,1-4H3,(H,21,24)/t11-/m0/s1. The molecule has 1 fully saturated rings. The van der Waals surface area contributed by atoms with Crippen LogP contribution in [0.2, 0.25) is 0 Å². The van der Waals surface area contributed by atoms with Crippen molar-refractivity contribution < 1.29 is 18.0 Å². The Morgan fingerprint density at radius 3 is 2.33 bits per heavy atom. The quantitative estimate of drug-likeness (QED) is 0.906. The van der Waals surface area contributed by atoms with Crippen molar-refractivity contribution in [2.24, 2.45) is 13.0 Å². The molecular weight excluding hydrogens is 319 g/mol. The molecule has 1 saturated carbocycles. The van der Waals surface area contributed by atoms with Crippen LogP contribution in [0.5, 0.6) is 0 Å². The van der Waals surface area contributed by atoms with E-state index in [0.717, 1.165) is 23.4 Å². The van der Waals surface area contributed by atoms with E-state index < -0.39 is 23.5 Å². The molecule has 0 spiro atoms. The summed E-state index contributed by atoms with van der Waals surface area (Å²) in [5, 5.41) is 6.64. The second kappa shape index (κ2) is 6.76. The predicted molar refractivity (Wildman–Crippen MR) is 85.6 cm³/mol. The molecule has 1 atom stereocenters. The fourth-order valence-electron chi connectivity index (χ4n) is 3.51. The van der Waals surface area contributed by atoms with Crippen LogP contribution in [0.1, 0.15) is 56.0 Å². The molecule has 0 radical (unpaired) electrons. The predicted octanol–water partition coefficient (Wildman–Crippen LogP) is 3.60. The fourth-order valence-corrected chi connectivity index (χ4v) is 3.51. The van der Waals surface area contributed by atoms with Gasteiger partial charge in [0.25, 0.3) is 0 Å². The number of aromatic nitrogens is 2. The zero-order valence-corrected chi connectivity index (χ0v) is 14.8. The number of alkyl halides is 3. The number of rotatable bonds is 4. The van der Waals surface area contributed by atoms with Crippen molar-refractivity contribution in [1.29, 1.82) is 0 Å². The molecule has 1 heterocycles. The molecule has 136 valence electrons. The molecule has 24 heavy (non-hydrogen) atoms. The topological polar surface area (TPSA) is 46.9 Å². The smallest absolute Gasteiger partial charge is 0.342 e. The van der Waals surface area contributed by atoms with Crippen LogP contribution in [0.4, 0.5) is 13.2 Å². The zero-order chi connectivity index (χ0) is 18.1. The van der Waals surface area contributed by atoms with E-state index in [0.29, 0.717) is 19.3 Å². The number of nitrogens with zero attached hydrogens (tertiary/aromatic N) is 2. The van der Waals surface area contributed by atoms with Crippen LogP contribution >= 0.6 is 0 Å². The number of carbonyl (C=O) groups is 1. The van der Waals surface area contributed by atoms with Gasteiger partial charge in [-0.2, -0.15) is 18.3 Å². The Balaban J connectivity index is 2.12. The van der Waals surface area contributed by atoms with Crippen LogP contribution in [0, 0.1) is 19.8 Å². The number of hydrogen-bond acceptors (Lipinski definition) is 2. The lowest BCUT2D eigenvalue weighted by Crippen LogP contribution is -2.60. The van der Waals surface area contributed by atoms with Crippen molar-refractivity contribution in [3.05, 3.63) is 17.0 Å². The third-order valence-electron chi connectivity index (χ3n) is 5.23. The third kappa shape index (κ3) is 3.59. The highest BCUT2D eigenvalue weighted by molar-refractivity contribution is 5.79. The molecule has 1 amide bonds. The Morgan fingerprint density at radius 2 is 1.88 bits per heavy atom. The largest absolute Gasteiger partial charge is 0.411 e. The highest BCUT2D eigenvalue weighted by atomic mass is 19.4. The number of amides is 1. The molecule has 1 aromatic rings. The lowest BCUT2D eigenvalue weighted by atomic mass is 9.80. The van der Waals surface area contributed by atoms with Crippen LogP contribution in [0.25, 0.3) is 0 Å². The molecule has 1 aliphatic rings. The number of carbonyl (C=O) groups excluding carboxylic acids is 1.